The Kier molecular flexibility index (Phi) is 7.56. The molecule has 22 nitrogen and oxygen atoms in total. The van der Waals surface area contributed by atoms with E-state index in [2.05, 4.69) is 29.9 Å². The van der Waals surface area contributed by atoms with Crippen LogP contribution in [0.3, 0.4) is 0 Å². The van der Waals surface area contributed by atoms with Crippen LogP contribution in [0.5, 0.6) is 0 Å². The van der Waals surface area contributed by atoms with Gasteiger partial charge in [0.1, 0.15) is 41.8 Å². The molecule has 3 aliphatic rings. The molecule has 242 valence electrons. The van der Waals surface area contributed by atoms with Crippen LogP contribution in [0.1, 0.15) is 12.5 Å². The maximum atomic E-state index is 13.2. The minimum absolute atomic E-state index is 0.0384. The van der Waals surface area contributed by atoms with E-state index in [1.807, 2.05) is 0 Å². The van der Waals surface area contributed by atoms with Crippen molar-refractivity contribution in [2.24, 2.45) is 0 Å². The van der Waals surface area contributed by atoms with Crippen LogP contribution in [0.4, 0.5) is 11.8 Å². The van der Waals surface area contributed by atoms with Gasteiger partial charge in [-0.3, -0.25) is 27.3 Å². The smallest absolute Gasteiger partial charge is 0.386 e. The molecule has 0 aliphatic carbocycles. The molecule has 3 saturated heterocycles. The highest BCUT2D eigenvalue weighted by Crippen LogP contribution is 2.53. The molecule has 3 aliphatic heterocycles. The lowest BCUT2D eigenvalue weighted by Crippen LogP contribution is -2.38. The van der Waals surface area contributed by atoms with Crippen LogP contribution >= 0.6 is 27.0 Å². The molecule has 0 amide bonds. The van der Waals surface area contributed by atoms with Crippen LogP contribution in [0.15, 0.2) is 19.0 Å². The number of aliphatic hydroxyl groups excluding tert-OH is 2. The minimum atomic E-state index is -5.05. The molecule has 7 rings (SSSR count). The van der Waals surface area contributed by atoms with E-state index in [0.717, 1.165) is 6.33 Å². The number of phosphoric acid groups is 1. The Morgan fingerprint density at radius 2 is 1.58 bits per heavy atom. The zero-order valence-electron chi connectivity index (χ0n) is 22.3. The summed E-state index contributed by atoms with van der Waals surface area (Å²) in [7, 11) is -9.81. The fourth-order valence-corrected chi connectivity index (χ4v) is 7.37. The zero-order valence-corrected chi connectivity index (χ0v) is 24.9. The molecule has 4 aromatic rings. The first-order valence-corrected chi connectivity index (χ1v) is 16.5. The fraction of sp³-hybridized carbons (Fsp3) is 0.500. The molecule has 7 heterocycles. The summed E-state index contributed by atoms with van der Waals surface area (Å²) < 4.78 is 61.5. The molecule has 3 fully saturated rings. The quantitative estimate of drug-likeness (QED) is 0.109. The number of hydrogen-bond donors (Lipinski definition) is 6. The molecule has 0 bridgehead atoms. The van der Waals surface area contributed by atoms with E-state index in [0.29, 0.717) is 0 Å². The second kappa shape index (κ2) is 11.1. The van der Waals surface area contributed by atoms with E-state index in [9.17, 15) is 29.1 Å². The van der Waals surface area contributed by atoms with Crippen LogP contribution in [-0.4, -0.2) is 109 Å². The van der Waals surface area contributed by atoms with Crippen molar-refractivity contribution in [1.29, 1.82) is 0 Å². The maximum Gasteiger partial charge on any atom is 0.472 e. The molecule has 25 heteroatoms. The molecule has 0 aromatic carbocycles. The first-order chi connectivity index (χ1) is 21.3. The first-order valence-electron chi connectivity index (χ1n) is 12.8. The number of fused-ring (bicyclic) bond motifs is 4. The van der Waals surface area contributed by atoms with E-state index in [1.54, 1.807) is 0 Å². The van der Waals surface area contributed by atoms with Crippen molar-refractivity contribution in [2.45, 2.75) is 49.3 Å². The standard InChI is InChI=1S/C20H23ClN10O12P2/c21-13-7-16(29-20(23)28-13)31(3-26-7)17-9(32)11-6(40-17)1-39-45(36,37)43-12-10(33)18(41-19(12)38-5-44(34,35)42-11)30-4-27-8-14(22)24-2-25-15(8)30/h2-4,6,9-12,17-19,32-33H,1,5H2,(H,34,35)(H,36,37)(H2,22,24,25)(H2,23,28,29)/t6-,9+,10+,11?,12?,17-,18-,19+/m1/s1. The molecular weight excluding hydrogens is 670 g/mol. The van der Waals surface area contributed by atoms with Crippen molar-refractivity contribution in [3.8, 4) is 0 Å². The third-order valence-corrected chi connectivity index (χ3v) is 9.45. The van der Waals surface area contributed by atoms with Crippen LogP contribution in [0, 0.1) is 0 Å². The largest absolute Gasteiger partial charge is 0.472 e. The van der Waals surface area contributed by atoms with E-state index in [-0.39, 0.29) is 39.2 Å². The van der Waals surface area contributed by atoms with E-state index < -0.39 is 77.6 Å². The van der Waals surface area contributed by atoms with Gasteiger partial charge in [-0.05, 0) is 0 Å². The lowest BCUT2D eigenvalue weighted by Gasteiger charge is -2.28. The summed E-state index contributed by atoms with van der Waals surface area (Å²) in [4.78, 5) is 45.3. The third kappa shape index (κ3) is 5.46. The van der Waals surface area contributed by atoms with Crippen molar-refractivity contribution >= 4 is 61.1 Å². The Bertz CT molecular complexity index is 1880. The van der Waals surface area contributed by atoms with Crippen molar-refractivity contribution in [2.75, 3.05) is 24.4 Å². The number of aromatic nitrogens is 8. The number of nitrogens with zero attached hydrogens (tertiary/aromatic N) is 8. The summed E-state index contributed by atoms with van der Waals surface area (Å²) in [5.41, 5.74) is 12.0. The second-order valence-corrected chi connectivity index (χ2v) is 13.6. The summed E-state index contributed by atoms with van der Waals surface area (Å²) in [6.07, 6.45) is -10.2. The number of halogens is 1. The average molecular weight is 693 g/mol. The van der Waals surface area contributed by atoms with Gasteiger partial charge in [-0.25, -0.2) is 24.5 Å². The number of hydrogen-bond acceptors (Lipinski definition) is 18. The molecule has 0 radical (unpaired) electrons. The molecule has 4 aromatic heterocycles. The predicted molar refractivity (Wildman–Crippen MR) is 146 cm³/mol. The van der Waals surface area contributed by atoms with Gasteiger partial charge in [0.05, 0.1) is 19.3 Å². The second-order valence-electron chi connectivity index (χ2n) is 10.1. The van der Waals surface area contributed by atoms with Crippen molar-refractivity contribution in [1.82, 2.24) is 39.0 Å². The normalized spacial score (nSPS) is 37.7. The van der Waals surface area contributed by atoms with Gasteiger partial charge < -0.3 is 45.7 Å². The van der Waals surface area contributed by atoms with Gasteiger partial charge in [0.15, 0.2) is 53.5 Å². The van der Waals surface area contributed by atoms with E-state index >= 15 is 0 Å². The number of phosphoric ester groups is 1. The fourth-order valence-electron chi connectivity index (χ4n) is 5.19. The molecule has 0 saturated carbocycles. The Hall–Kier alpha value is -2.95. The van der Waals surface area contributed by atoms with Crippen molar-refractivity contribution in [3.05, 3.63) is 24.1 Å². The number of nitrogen functional groups attached to an aromatic ring is 2. The lowest BCUT2D eigenvalue weighted by molar-refractivity contribution is -0.168. The van der Waals surface area contributed by atoms with Gasteiger partial charge in [0.2, 0.25) is 5.95 Å². The molecule has 4 unspecified atom stereocenters. The van der Waals surface area contributed by atoms with E-state index in [4.69, 9.17) is 50.9 Å². The number of rotatable bonds is 2. The molecule has 45 heavy (non-hydrogen) atoms. The van der Waals surface area contributed by atoms with Crippen LogP contribution in [0.2, 0.25) is 5.15 Å². The predicted octanol–water partition coefficient (Wildman–Crippen LogP) is -0.981. The summed E-state index contributed by atoms with van der Waals surface area (Å²) in [5, 5.41) is 22.2. The summed E-state index contributed by atoms with van der Waals surface area (Å²) in [6, 6.07) is 0. The molecule has 8 N–H and O–H groups in total. The Morgan fingerprint density at radius 3 is 2.36 bits per heavy atom. The van der Waals surface area contributed by atoms with Crippen molar-refractivity contribution in [3.63, 3.8) is 0 Å². The van der Waals surface area contributed by atoms with Gasteiger partial charge in [-0.1, -0.05) is 11.6 Å². The maximum absolute atomic E-state index is 13.2. The van der Waals surface area contributed by atoms with Crippen molar-refractivity contribution < 1.29 is 56.9 Å². The highest BCUT2D eigenvalue weighted by Gasteiger charge is 2.54. The van der Waals surface area contributed by atoms with Gasteiger partial charge >= 0.3 is 15.4 Å². The van der Waals surface area contributed by atoms with Gasteiger partial charge in [0, 0.05) is 0 Å². The molecule has 10 atom stereocenters. The highest BCUT2D eigenvalue weighted by molar-refractivity contribution is 7.52. The number of anilines is 2. The average Bonchev–Trinajstić information content (AvgIpc) is 3.72. The Labute approximate surface area is 254 Å². The van der Waals surface area contributed by atoms with Gasteiger partial charge in [0.25, 0.3) is 0 Å². The van der Waals surface area contributed by atoms with Gasteiger partial charge in [-0.15, -0.1) is 0 Å². The Morgan fingerprint density at radius 1 is 0.889 bits per heavy atom. The van der Waals surface area contributed by atoms with Gasteiger partial charge in [-0.2, -0.15) is 9.97 Å². The summed E-state index contributed by atoms with van der Waals surface area (Å²) in [6.45, 7) is -0.794. The number of imidazole rings is 2. The van der Waals surface area contributed by atoms with Crippen LogP contribution in [0.25, 0.3) is 22.3 Å². The molecular formula is C20H23ClN10O12P2. The number of aliphatic hydroxyl groups is 2. The summed E-state index contributed by atoms with van der Waals surface area (Å²) >= 11 is 6.09. The first kappa shape index (κ1) is 30.7. The monoisotopic (exact) mass is 692 g/mol. The van der Waals surface area contributed by atoms with Crippen LogP contribution < -0.4 is 11.5 Å². The minimum Gasteiger partial charge on any atom is -0.386 e. The zero-order chi connectivity index (χ0) is 31.8. The van der Waals surface area contributed by atoms with Crippen LogP contribution in [-0.2, 0) is 36.9 Å². The number of nitrogens with two attached hydrogens (primary N) is 2. The Balaban J connectivity index is 1.17. The van der Waals surface area contributed by atoms with E-state index in [1.165, 1.54) is 21.8 Å². The SMILES string of the molecule is Nc1nc(Cl)c2ncn([C@@H]3O[C@@H]4COP(=O)(O)OC5[C@@H](OCP(=O)(O)OC4[C@@H]3O)O[C@@H](n3cnc4c(N)ncnc43)[C@H]5O)c2n1. The topological polar surface area (TPSA) is 310 Å². The number of ether oxygens (including phenoxy) is 3. The lowest BCUT2D eigenvalue weighted by atomic mass is 10.1. The highest BCUT2D eigenvalue weighted by atomic mass is 35.5. The third-order valence-electron chi connectivity index (χ3n) is 7.16. The summed E-state index contributed by atoms with van der Waals surface area (Å²) in [5.74, 6) is -0.171. The molecule has 0 spiro atoms.